The summed E-state index contributed by atoms with van der Waals surface area (Å²) in [7, 11) is 0. The number of halogens is 6. The third kappa shape index (κ3) is 7.76. The van der Waals surface area contributed by atoms with Crippen LogP contribution in [0, 0.1) is 5.41 Å². The first-order chi connectivity index (χ1) is 23.0. The lowest BCUT2D eigenvalue weighted by molar-refractivity contribution is -0.142. The zero-order chi connectivity index (χ0) is 33.9. The quantitative estimate of drug-likeness (QED) is 0.144. The van der Waals surface area contributed by atoms with Gasteiger partial charge in [-0.25, -0.2) is 14.6 Å². The van der Waals surface area contributed by atoms with Crippen LogP contribution in [0.5, 0.6) is 0 Å². The Labute approximate surface area is 272 Å². The van der Waals surface area contributed by atoms with Crippen molar-refractivity contribution >= 4 is 11.4 Å². The van der Waals surface area contributed by atoms with E-state index < -0.39 is 36.2 Å². The highest BCUT2D eigenvalue weighted by Crippen LogP contribution is 2.36. The fourth-order valence-electron chi connectivity index (χ4n) is 5.63. The third-order valence-corrected chi connectivity index (χ3v) is 8.04. The first kappa shape index (κ1) is 33.3. The largest absolute Gasteiger partial charge is 0.435 e. The molecule has 2 saturated heterocycles. The number of pyridine rings is 2. The Bertz CT molecular complexity index is 1790. The van der Waals surface area contributed by atoms with Crippen molar-refractivity contribution in [2.45, 2.75) is 63.3 Å². The van der Waals surface area contributed by atoms with E-state index >= 15 is 0 Å². The molecule has 1 aromatic carbocycles. The number of ether oxygens (including phenoxy) is 2. The number of hydrogen-bond acceptors (Lipinski definition) is 7. The van der Waals surface area contributed by atoms with Gasteiger partial charge in [0.25, 0.3) is 0 Å². The van der Waals surface area contributed by atoms with E-state index in [1.165, 1.54) is 4.68 Å². The van der Waals surface area contributed by atoms with E-state index in [0.717, 1.165) is 31.7 Å². The Morgan fingerprint density at radius 2 is 1.44 bits per heavy atom. The number of alkyl halides is 6. The van der Waals surface area contributed by atoms with Crippen molar-refractivity contribution in [2.75, 3.05) is 13.2 Å². The van der Waals surface area contributed by atoms with Gasteiger partial charge in [-0.3, -0.25) is 5.41 Å². The highest BCUT2D eigenvalue weighted by molar-refractivity contribution is 6.02. The standard InChI is InChI=1S/C34H32F6N6O2/c35-33(36,37)29(41)19-27(44-31-14-1-3-16-47-31)25-12-6-10-23(42-25)21-8-5-9-22(18-21)24-11-7-13-26(43-24)28-20-30(34(38,39)40)45-46(28)32-15-2-4-17-48-32/h5-13,18-20,31-32,41,44H,1-4,14-17H2/b27-19-,41-29?. The maximum absolute atomic E-state index is 13.7. The van der Waals surface area contributed by atoms with Gasteiger partial charge in [-0.15, -0.1) is 0 Å². The predicted molar refractivity (Wildman–Crippen MR) is 166 cm³/mol. The molecule has 48 heavy (non-hydrogen) atoms. The van der Waals surface area contributed by atoms with Gasteiger partial charge in [0.15, 0.2) is 11.9 Å². The monoisotopic (exact) mass is 670 g/mol. The van der Waals surface area contributed by atoms with Crippen LogP contribution >= 0.6 is 0 Å². The van der Waals surface area contributed by atoms with E-state index in [1.54, 1.807) is 60.7 Å². The van der Waals surface area contributed by atoms with E-state index in [-0.39, 0.29) is 22.8 Å². The fourth-order valence-corrected chi connectivity index (χ4v) is 5.63. The summed E-state index contributed by atoms with van der Waals surface area (Å²) in [5, 5.41) is 14.4. The molecule has 2 aliphatic rings. The van der Waals surface area contributed by atoms with Crippen LogP contribution in [-0.2, 0) is 15.7 Å². The van der Waals surface area contributed by atoms with Gasteiger partial charge in [-0.05, 0) is 81.0 Å². The molecule has 4 aromatic rings. The Balaban J connectivity index is 1.33. The lowest BCUT2D eigenvalue weighted by atomic mass is 10.0. The van der Waals surface area contributed by atoms with Gasteiger partial charge in [0.05, 0.1) is 34.2 Å². The summed E-state index contributed by atoms with van der Waals surface area (Å²) in [5.74, 6) is 0. The summed E-state index contributed by atoms with van der Waals surface area (Å²) in [6.07, 6.45) is -5.51. The Kier molecular flexibility index (Phi) is 9.65. The van der Waals surface area contributed by atoms with E-state index in [9.17, 15) is 26.3 Å². The SMILES string of the molecule is N=C(/C=C(\NC1CCCCO1)c1cccc(-c2cccc(-c3cccc(-c4cc(C(F)(F)F)nn4C4CCCCO4)n3)c2)n1)C(F)(F)F. The molecule has 2 atom stereocenters. The number of nitrogens with zero attached hydrogens (tertiary/aromatic N) is 4. The van der Waals surface area contributed by atoms with Gasteiger partial charge < -0.3 is 14.8 Å². The van der Waals surface area contributed by atoms with Crippen LogP contribution in [0.15, 0.2) is 72.8 Å². The van der Waals surface area contributed by atoms with Crippen LogP contribution in [0.3, 0.4) is 0 Å². The summed E-state index contributed by atoms with van der Waals surface area (Å²) in [6.45, 7) is 0.894. The molecule has 0 bridgehead atoms. The highest BCUT2D eigenvalue weighted by Gasteiger charge is 2.37. The lowest BCUT2D eigenvalue weighted by Gasteiger charge is -2.26. The Hall–Kier alpha value is -4.56. The molecule has 0 saturated carbocycles. The minimum atomic E-state index is -4.84. The summed E-state index contributed by atoms with van der Waals surface area (Å²) in [6, 6.07) is 18.1. The van der Waals surface area contributed by atoms with Gasteiger partial charge in [-0.2, -0.15) is 31.4 Å². The molecule has 0 amide bonds. The van der Waals surface area contributed by atoms with Crippen LogP contribution in [0.1, 0.15) is 56.1 Å². The smallest absolute Gasteiger partial charge is 0.359 e. The number of benzene rings is 1. The van der Waals surface area contributed by atoms with Gasteiger partial charge in [0.2, 0.25) is 0 Å². The summed E-state index contributed by atoms with van der Waals surface area (Å²) < 4.78 is 93.8. The van der Waals surface area contributed by atoms with Crippen molar-refractivity contribution in [3.05, 3.63) is 84.2 Å². The third-order valence-electron chi connectivity index (χ3n) is 8.04. The van der Waals surface area contributed by atoms with Crippen LogP contribution < -0.4 is 5.32 Å². The predicted octanol–water partition coefficient (Wildman–Crippen LogP) is 8.43. The number of nitrogens with one attached hydrogen (secondary N) is 2. The summed E-state index contributed by atoms with van der Waals surface area (Å²) in [4.78, 5) is 9.33. The fraction of sp³-hybridized carbons (Fsp3) is 0.353. The zero-order valence-electron chi connectivity index (χ0n) is 25.6. The van der Waals surface area contributed by atoms with E-state index in [2.05, 4.69) is 15.4 Å². The minimum absolute atomic E-state index is 0.00776. The van der Waals surface area contributed by atoms with Crippen molar-refractivity contribution in [3.8, 4) is 33.9 Å². The molecule has 2 unspecified atom stereocenters. The molecule has 0 spiro atoms. The van der Waals surface area contributed by atoms with Crippen LogP contribution in [-0.4, -0.2) is 51.1 Å². The first-order valence-corrected chi connectivity index (χ1v) is 15.6. The molecule has 3 aromatic heterocycles. The molecular formula is C34H32F6N6O2. The normalized spacial score (nSPS) is 19.2. The van der Waals surface area contributed by atoms with Crippen LogP contribution in [0.4, 0.5) is 26.3 Å². The summed E-state index contributed by atoms with van der Waals surface area (Å²) in [5.41, 5.74) is 0.299. The van der Waals surface area contributed by atoms with Gasteiger partial charge in [0.1, 0.15) is 11.9 Å². The molecule has 5 heterocycles. The molecule has 2 fully saturated rings. The van der Waals surface area contributed by atoms with Crippen molar-refractivity contribution in [2.24, 2.45) is 0 Å². The molecule has 2 aliphatic heterocycles. The highest BCUT2D eigenvalue weighted by atomic mass is 19.4. The topological polar surface area (TPSA) is 97.9 Å². The Morgan fingerprint density at radius 3 is 2.08 bits per heavy atom. The van der Waals surface area contributed by atoms with Gasteiger partial charge >= 0.3 is 12.4 Å². The van der Waals surface area contributed by atoms with E-state index in [4.69, 9.17) is 19.9 Å². The van der Waals surface area contributed by atoms with Crippen LogP contribution in [0.25, 0.3) is 39.6 Å². The molecule has 6 rings (SSSR count). The Morgan fingerprint density at radius 1 is 0.792 bits per heavy atom. The first-order valence-electron chi connectivity index (χ1n) is 15.6. The van der Waals surface area contributed by atoms with Crippen molar-refractivity contribution in [1.82, 2.24) is 25.1 Å². The van der Waals surface area contributed by atoms with E-state index in [1.807, 2.05) is 0 Å². The zero-order valence-corrected chi connectivity index (χ0v) is 25.6. The number of aromatic nitrogens is 4. The summed E-state index contributed by atoms with van der Waals surface area (Å²) >= 11 is 0. The second kappa shape index (κ2) is 13.9. The number of allylic oxidation sites excluding steroid dienone is 1. The number of hydrogen-bond donors (Lipinski definition) is 2. The molecule has 0 aliphatic carbocycles. The van der Waals surface area contributed by atoms with Gasteiger partial charge in [-0.1, -0.05) is 30.3 Å². The molecule has 252 valence electrons. The van der Waals surface area contributed by atoms with Gasteiger partial charge in [0, 0.05) is 24.3 Å². The lowest BCUT2D eigenvalue weighted by Crippen LogP contribution is -2.34. The van der Waals surface area contributed by atoms with Crippen molar-refractivity contribution in [3.63, 3.8) is 0 Å². The molecule has 14 heteroatoms. The molecular weight excluding hydrogens is 638 g/mol. The van der Waals surface area contributed by atoms with E-state index in [0.29, 0.717) is 54.6 Å². The average Bonchev–Trinajstić information content (AvgIpc) is 3.55. The second-order valence-electron chi connectivity index (χ2n) is 11.5. The second-order valence-corrected chi connectivity index (χ2v) is 11.5. The molecule has 0 radical (unpaired) electrons. The minimum Gasteiger partial charge on any atom is -0.359 e. The average molecular weight is 671 g/mol. The molecule has 2 N–H and O–H groups in total. The maximum atomic E-state index is 13.7. The number of rotatable bonds is 8. The maximum Gasteiger partial charge on any atom is 0.435 e. The molecule has 8 nitrogen and oxygen atoms in total. The van der Waals surface area contributed by atoms with Crippen LogP contribution in [0.2, 0.25) is 0 Å². The van der Waals surface area contributed by atoms with Crippen molar-refractivity contribution < 1.29 is 35.8 Å². The van der Waals surface area contributed by atoms with Crippen molar-refractivity contribution in [1.29, 1.82) is 5.41 Å².